The van der Waals surface area contributed by atoms with E-state index in [1.54, 1.807) is 0 Å². The number of hydrogen-bond acceptors (Lipinski definition) is 4. The number of nitrogens with one attached hydrogen (secondary N) is 1. The average molecular weight is 240 g/mol. The topological polar surface area (TPSA) is 33.7 Å². The van der Waals surface area contributed by atoms with Crippen molar-refractivity contribution in [2.75, 3.05) is 46.0 Å². The van der Waals surface area contributed by atoms with Crippen molar-refractivity contribution < 1.29 is 9.47 Å². The van der Waals surface area contributed by atoms with Gasteiger partial charge in [-0.1, -0.05) is 20.4 Å². The van der Waals surface area contributed by atoms with Crippen molar-refractivity contribution in [2.24, 2.45) is 5.41 Å². The molecule has 2 aliphatic rings. The molecule has 4 heteroatoms. The van der Waals surface area contributed by atoms with Crippen LogP contribution in [0.4, 0.5) is 0 Å². The molecule has 0 radical (unpaired) electrons. The predicted octanol–water partition coefficient (Wildman–Crippen LogP) is 0.847. The van der Waals surface area contributed by atoms with Gasteiger partial charge in [0.15, 0.2) is 0 Å². The van der Waals surface area contributed by atoms with Crippen molar-refractivity contribution in [2.45, 2.75) is 19.4 Å². The Labute approximate surface area is 104 Å². The Morgan fingerprint density at radius 2 is 2.12 bits per heavy atom. The fourth-order valence-corrected chi connectivity index (χ4v) is 2.36. The Hall–Kier alpha value is -0.580. The van der Waals surface area contributed by atoms with Crippen LogP contribution in [0, 0.1) is 5.41 Å². The summed E-state index contributed by atoms with van der Waals surface area (Å²) in [5.41, 5.74) is -0.0345. The lowest BCUT2D eigenvalue weighted by atomic mass is 9.95. The second-order valence-electron chi connectivity index (χ2n) is 5.95. The van der Waals surface area contributed by atoms with Crippen LogP contribution in [-0.2, 0) is 9.47 Å². The van der Waals surface area contributed by atoms with Crippen LogP contribution in [0.3, 0.4) is 0 Å². The van der Waals surface area contributed by atoms with Crippen LogP contribution in [0.25, 0.3) is 0 Å². The van der Waals surface area contributed by atoms with Crippen LogP contribution in [0.2, 0.25) is 0 Å². The number of nitrogens with zero attached hydrogens (tertiary/aromatic N) is 1. The Morgan fingerprint density at radius 3 is 2.88 bits per heavy atom. The maximum atomic E-state index is 6.18. The van der Waals surface area contributed by atoms with Crippen molar-refractivity contribution in [1.82, 2.24) is 10.2 Å². The molecular formula is C13H24N2O2. The SMILES string of the molecule is C=CN1CCOCC2(CNCC(C)(C)CO2)C1. The Bertz CT molecular complexity index is 281. The summed E-state index contributed by atoms with van der Waals surface area (Å²) in [6.07, 6.45) is 1.88. The molecule has 0 saturated carbocycles. The van der Waals surface area contributed by atoms with Crippen LogP contribution in [-0.4, -0.2) is 56.5 Å². The molecule has 2 fully saturated rings. The third kappa shape index (κ3) is 3.21. The molecule has 4 nitrogen and oxygen atoms in total. The van der Waals surface area contributed by atoms with E-state index >= 15 is 0 Å². The van der Waals surface area contributed by atoms with Crippen LogP contribution < -0.4 is 5.32 Å². The standard InChI is InChI=1S/C13H24N2O2/c1-4-15-5-6-16-11-13(9-15)8-14-7-12(2,3)10-17-13/h4,14H,1,5-11H2,2-3H3. The van der Waals surface area contributed by atoms with Gasteiger partial charge in [-0.05, 0) is 6.20 Å². The molecule has 1 unspecified atom stereocenters. The minimum absolute atomic E-state index is 0.189. The summed E-state index contributed by atoms with van der Waals surface area (Å²) < 4.78 is 11.9. The summed E-state index contributed by atoms with van der Waals surface area (Å²) in [6, 6.07) is 0. The van der Waals surface area contributed by atoms with Gasteiger partial charge in [-0.15, -0.1) is 0 Å². The molecule has 2 heterocycles. The zero-order chi connectivity index (χ0) is 12.4. The third-order valence-electron chi connectivity index (χ3n) is 3.46. The predicted molar refractivity (Wildman–Crippen MR) is 67.9 cm³/mol. The molecule has 0 aromatic carbocycles. The van der Waals surface area contributed by atoms with Crippen molar-refractivity contribution in [1.29, 1.82) is 0 Å². The highest BCUT2D eigenvalue weighted by molar-refractivity contribution is 4.94. The van der Waals surface area contributed by atoms with E-state index in [-0.39, 0.29) is 11.0 Å². The molecule has 2 aliphatic heterocycles. The maximum absolute atomic E-state index is 6.18. The van der Waals surface area contributed by atoms with Gasteiger partial charge >= 0.3 is 0 Å². The van der Waals surface area contributed by atoms with E-state index in [4.69, 9.17) is 9.47 Å². The minimum Gasteiger partial charge on any atom is -0.376 e. The van der Waals surface area contributed by atoms with E-state index in [0.29, 0.717) is 6.61 Å². The van der Waals surface area contributed by atoms with Gasteiger partial charge in [-0.25, -0.2) is 0 Å². The van der Waals surface area contributed by atoms with E-state index in [1.165, 1.54) is 0 Å². The third-order valence-corrected chi connectivity index (χ3v) is 3.46. The van der Waals surface area contributed by atoms with Gasteiger partial charge in [-0.2, -0.15) is 0 Å². The summed E-state index contributed by atoms with van der Waals surface area (Å²) in [7, 11) is 0. The highest BCUT2D eigenvalue weighted by Gasteiger charge is 2.39. The summed E-state index contributed by atoms with van der Waals surface area (Å²) in [5, 5.41) is 3.50. The van der Waals surface area contributed by atoms with Crippen LogP contribution in [0.5, 0.6) is 0 Å². The van der Waals surface area contributed by atoms with Crippen LogP contribution in [0.1, 0.15) is 13.8 Å². The van der Waals surface area contributed by atoms with Gasteiger partial charge in [0.1, 0.15) is 5.60 Å². The molecule has 17 heavy (non-hydrogen) atoms. The lowest BCUT2D eigenvalue weighted by Crippen LogP contribution is -2.51. The van der Waals surface area contributed by atoms with Crippen molar-refractivity contribution in [3.8, 4) is 0 Å². The molecule has 2 rings (SSSR count). The van der Waals surface area contributed by atoms with E-state index in [2.05, 4.69) is 30.6 Å². The molecule has 0 aliphatic carbocycles. The fourth-order valence-electron chi connectivity index (χ4n) is 2.36. The Balaban J connectivity index is 2.08. The number of rotatable bonds is 1. The van der Waals surface area contributed by atoms with Gasteiger partial charge in [0.05, 0.1) is 26.4 Å². The van der Waals surface area contributed by atoms with E-state index in [0.717, 1.165) is 39.4 Å². The zero-order valence-electron chi connectivity index (χ0n) is 11.0. The van der Waals surface area contributed by atoms with E-state index < -0.39 is 0 Å². The smallest absolute Gasteiger partial charge is 0.121 e. The number of ether oxygens (including phenoxy) is 2. The summed E-state index contributed by atoms with van der Waals surface area (Å²) in [6.45, 7) is 14.1. The average Bonchev–Trinajstić information content (AvgIpc) is 2.57. The second-order valence-corrected chi connectivity index (χ2v) is 5.95. The first kappa shape index (κ1) is 12.9. The molecule has 98 valence electrons. The molecule has 0 bridgehead atoms. The van der Waals surface area contributed by atoms with Gasteiger partial charge in [-0.3, -0.25) is 0 Å². The summed E-state index contributed by atoms with van der Waals surface area (Å²) in [4.78, 5) is 2.19. The molecule has 0 amide bonds. The Kier molecular flexibility index (Phi) is 3.76. The quantitative estimate of drug-likeness (QED) is 0.736. The fraction of sp³-hybridized carbons (Fsp3) is 0.846. The minimum atomic E-state index is -0.224. The van der Waals surface area contributed by atoms with E-state index in [1.807, 2.05) is 6.20 Å². The summed E-state index contributed by atoms with van der Waals surface area (Å²) >= 11 is 0. The first-order valence-electron chi connectivity index (χ1n) is 6.34. The first-order chi connectivity index (χ1) is 8.05. The molecule has 1 atom stereocenters. The molecular weight excluding hydrogens is 216 g/mol. The van der Waals surface area contributed by atoms with Crippen molar-refractivity contribution >= 4 is 0 Å². The first-order valence-corrected chi connectivity index (χ1v) is 6.34. The Morgan fingerprint density at radius 1 is 1.29 bits per heavy atom. The molecule has 1 spiro atoms. The monoisotopic (exact) mass is 240 g/mol. The van der Waals surface area contributed by atoms with Crippen molar-refractivity contribution in [3.05, 3.63) is 12.8 Å². The second kappa shape index (κ2) is 4.96. The lowest BCUT2D eigenvalue weighted by Gasteiger charge is -2.34. The lowest BCUT2D eigenvalue weighted by molar-refractivity contribution is -0.0959. The highest BCUT2D eigenvalue weighted by Crippen LogP contribution is 2.25. The molecule has 2 saturated heterocycles. The largest absolute Gasteiger partial charge is 0.376 e. The van der Waals surface area contributed by atoms with Crippen molar-refractivity contribution in [3.63, 3.8) is 0 Å². The van der Waals surface area contributed by atoms with Gasteiger partial charge in [0.2, 0.25) is 0 Å². The number of hydrogen-bond donors (Lipinski definition) is 1. The van der Waals surface area contributed by atoms with Gasteiger partial charge in [0, 0.05) is 25.0 Å². The van der Waals surface area contributed by atoms with Crippen LogP contribution >= 0.6 is 0 Å². The van der Waals surface area contributed by atoms with Gasteiger partial charge in [0.25, 0.3) is 0 Å². The van der Waals surface area contributed by atoms with E-state index in [9.17, 15) is 0 Å². The highest BCUT2D eigenvalue weighted by atomic mass is 16.5. The zero-order valence-corrected chi connectivity index (χ0v) is 11.0. The summed E-state index contributed by atoms with van der Waals surface area (Å²) in [5.74, 6) is 0. The molecule has 0 aromatic rings. The normalized spacial score (nSPS) is 34.1. The van der Waals surface area contributed by atoms with Crippen LogP contribution in [0.15, 0.2) is 12.8 Å². The maximum Gasteiger partial charge on any atom is 0.121 e. The van der Waals surface area contributed by atoms with Gasteiger partial charge < -0.3 is 19.7 Å². The molecule has 1 N–H and O–H groups in total. The molecule has 0 aromatic heterocycles.